The maximum absolute atomic E-state index is 10.6. The molecule has 0 saturated heterocycles. The molecule has 0 N–H and O–H groups in total. The van der Waals surface area contributed by atoms with Gasteiger partial charge in [0.25, 0.3) is 5.69 Å². The smallest absolute Gasteiger partial charge is 0.327 e. The van der Waals surface area contributed by atoms with Gasteiger partial charge in [0.1, 0.15) is 10.8 Å². The second kappa shape index (κ2) is 5.52. The predicted octanol–water partition coefficient (Wildman–Crippen LogP) is 3.53. The van der Waals surface area contributed by atoms with Crippen LogP contribution < -0.4 is 4.74 Å². The first-order chi connectivity index (χ1) is 8.95. The number of halogens is 3. The number of hydrogen-bond acceptors (Lipinski definition) is 6. The third-order valence-corrected chi connectivity index (χ3v) is 2.53. The number of benzene rings is 1. The zero-order valence-electron chi connectivity index (χ0n) is 8.88. The van der Waals surface area contributed by atoms with Gasteiger partial charge < -0.3 is 4.74 Å². The number of nitro groups is 1. The minimum Gasteiger partial charge on any atom is -0.424 e. The zero-order valence-corrected chi connectivity index (χ0v) is 11.1. The number of aromatic nitrogens is 3. The molecule has 0 amide bonds. The van der Waals surface area contributed by atoms with Crippen LogP contribution >= 0.6 is 34.8 Å². The number of ether oxygens (including phenoxy) is 1. The van der Waals surface area contributed by atoms with Gasteiger partial charge in [-0.15, -0.1) is 0 Å². The van der Waals surface area contributed by atoms with Crippen LogP contribution in [0, 0.1) is 10.1 Å². The normalized spacial score (nSPS) is 10.3. The Morgan fingerprint density at radius 2 is 1.74 bits per heavy atom. The Morgan fingerprint density at radius 3 is 2.26 bits per heavy atom. The number of nitrogens with zero attached hydrogens (tertiary/aromatic N) is 4. The summed E-state index contributed by atoms with van der Waals surface area (Å²) >= 11 is 16.9. The summed E-state index contributed by atoms with van der Waals surface area (Å²) in [5, 5.41) is 10.2. The van der Waals surface area contributed by atoms with Crippen molar-refractivity contribution in [1.82, 2.24) is 15.0 Å². The Labute approximate surface area is 121 Å². The van der Waals surface area contributed by atoms with E-state index in [1.165, 1.54) is 18.2 Å². The van der Waals surface area contributed by atoms with Gasteiger partial charge in [-0.25, -0.2) is 0 Å². The van der Waals surface area contributed by atoms with Crippen molar-refractivity contribution in [3.8, 4) is 11.8 Å². The Kier molecular flexibility index (Phi) is 3.98. The van der Waals surface area contributed by atoms with Crippen molar-refractivity contribution >= 4 is 40.5 Å². The number of rotatable bonds is 3. The quantitative estimate of drug-likeness (QED) is 0.634. The molecule has 2 rings (SSSR count). The molecule has 0 aliphatic heterocycles. The van der Waals surface area contributed by atoms with E-state index >= 15 is 0 Å². The first-order valence-corrected chi connectivity index (χ1v) is 5.78. The number of nitro benzene ring substituents is 1. The molecule has 0 fully saturated rings. The van der Waals surface area contributed by atoms with E-state index in [0.29, 0.717) is 0 Å². The van der Waals surface area contributed by atoms with E-state index in [9.17, 15) is 10.1 Å². The average Bonchev–Trinajstić information content (AvgIpc) is 2.26. The summed E-state index contributed by atoms with van der Waals surface area (Å²) in [5.41, 5.74) is -0.235. The largest absolute Gasteiger partial charge is 0.424 e. The van der Waals surface area contributed by atoms with Crippen molar-refractivity contribution in [2.24, 2.45) is 0 Å². The van der Waals surface area contributed by atoms with Crippen molar-refractivity contribution < 1.29 is 9.66 Å². The van der Waals surface area contributed by atoms with Crippen LogP contribution in [0.3, 0.4) is 0 Å². The lowest BCUT2D eigenvalue weighted by atomic mass is 10.3. The van der Waals surface area contributed by atoms with Crippen LogP contribution in [0.5, 0.6) is 11.8 Å². The highest BCUT2D eigenvalue weighted by atomic mass is 35.5. The molecular formula is C9H3Cl3N4O3. The van der Waals surface area contributed by atoms with Gasteiger partial charge in [-0.1, -0.05) is 11.6 Å². The summed E-state index contributed by atoms with van der Waals surface area (Å²) in [6.45, 7) is 0. The van der Waals surface area contributed by atoms with Crippen LogP contribution in [0.15, 0.2) is 18.2 Å². The molecule has 0 spiro atoms. The van der Waals surface area contributed by atoms with Crippen LogP contribution in [0.1, 0.15) is 0 Å². The van der Waals surface area contributed by atoms with Gasteiger partial charge in [0.15, 0.2) is 0 Å². The van der Waals surface area contributed by atoms with Crippen LogP contribution in [0.25, 0.3) is 0 Å². The lowest BCUT2D eigenvalue weighted by molar-refractivity contribution is -0.384. The molecule has 98 valence electrons. The summed E-state index contributed by atoms with van der Waals surface area (Å²) in [5.74, 6) is 0.203. The van der Waals surface area contributed by atoms with E-state index in [1.807, 2.05) is 0 Å². The standard InChI is InChI=1S/C9H3Cl3N4O3/c10-5-3-4(1-2-6(5)16(17)18)19-9-14-7(11)13-8(12)15-9/h1-3H. The summed E-state index contributed by atoms with van der Waals surface area (Å²) < 4.78 is 5.22. The van der Waals surface area contributed by atoms with Gasteiger partial charge in [0.05, 0.1) is 4.92 Å². The van der Waals surface area contributed by atoms with Crippen molar-refractivity contribution in [3.63, 3.8) is 0 Å². The molecule has 0 bridgehead atoms. The van der Waals surface area contributed by atoms with E-state index in [0.717, 1.165) is 0 Å². The van der Waals surface area contributed by atoms with Crippen molar-refractivity contribution in [2.45, 2.75) is 0 Å². The maximum atomic E-state index is 10.6. The second-order valence-corrected chi connectivity index (χ2v) is 4.21. The Balaban J connectivity index is 2.28. The second-order valence-electron chi connectivity index (χ2n) is 3.13. The highest BCUT2D eigenvalue weighted by Gasteiger charge is 2.14. The van der Waals surface area contributed by atoms with E-state index in [-0.39, 0.29) is 33.0 Å². The van der Waals surface area contributed by atoms with Crippen LogP contribution in [-0.2, 0) is 0 Å². The lowest BCUT2D eigenvalue weighted by Crippen LogP contribution is -1.96. The van der Waals surface area contributed by atoms with Crippen molar-refractivity contribution in [1.29, 1.82) is 0 Å². The number of hydrogen-bond donors (Lipinski definition) is 0. The fourth-order valence-electron chi connectivity index (χ4n) is 1.16. The molecule has 0 saturated carbocycles. The average molecular weight is 322 g/mol. The van der Waals surface area contributed by atoms with E-state index < -0.39 is 4.92 Å². The summed E-state index contributed by atoms with van der Waals surface area (Å²) in [7, 11) is 0. The first kappa shape index (κ1) is 13.7. The fraction of sp³-hybridized carbons (Fsp3) is 0. The molecule has 0 aliphatic rings. The lowest BCUT2D eigenvalue weighted by Gasteiger charge is -2.04. The zero-order chi connectivity index (χ0) is 14.0. The van der Waals surface area contributed by atoms with Gasteiger partial charge in [-0.2, -0.15) is 15.0 Å². The molecule has 7 nitrogen and oxygen atoms in total. The van der Waals surface area contributed by atoms with E-state index in [4.69, 9.17) is 39.5 Å². The third kappa shape index (κ3) is 3.40. The molecule has 1 aromatic carbocycles. The predicted molar refractivity (Wildman–Crippen MR) is 68.0 cm³/mol. The molecule has 0 aliphatic carbocycles. The minimum atomic E-state index is -0.608. The van der Waals surface area contributed by atoms with Gasteiger partial charge in [-0.3, -0.25) is 10.1 Å². The molecule has 0 atom stereocenters. The molecule has 10 heteroatoms. The van der Waals surface area contributed by atoms with Crippen LogP contribution in [-0.4, -0.2) is 19.9 Å². The van der Waals surface area contributed by atoms with Crippen molar-refractivity contribution in [2.75, 3.05) is 0 Å². The van der Waals surface area contributed by atoms with Gasteiger partial charge in [0.2, 0.25) is 10.6 Å². The van der Waals surface area contributed by atoms with Gasteiger partial charge >= 0.3 is 6.01 Å². The molecule has 19 heavy (non-hydrogen) atoms. The summed E-state index contributed by atoms with van der Waals surface area (Å²) in [6, 6.07) is 3.65. The molecule has 1 heterocycles. The molecule has 1 aromatic heterocycles. The Bertz CT molecular complexity index is 632. The van der Waals surface area contributed by atoms with E-state index in [2.05, 4.69) is 15.0 Å². The Morgan fingerprint density at radius 1 is 1.11 bits per heavy atom. The summed E-state index contributed by atoms with van der Waals surface area (Å²) in [4.78, 5) is 20.9. The first-order valence-electron chi connectivity index (χ1n) is 4.64. The summed E-state index contributed by atoms with van der Waals surface area (Å²) in [6.07, 6.45) is 0. The molecule has 2 aromatic rings. The van der Waals surface area contributed by atoms with Crippen molar-refractivity contribution in [3.05, 3.63) is 43.9 Å². The van der Waals surface area contributed by atoms with Crippen LogP contribution in [0.2, 0.25) is 15.6 Å². The fourth-order valence-corrected chi connectivity index (χ4v) is 1.75. The highest BCUT2D eigenvalue weighted by molar-refractivity contribution is 6.32. The molecule has 0 radical (unpaired) electrons. The van der Waals surface area contributed by atoms with Crippen LogP contribution in [0.4, 0.5) is 5.69 Å². The van der Waals surface area contributed by atoms with E-state index in [1.54, 1.807) is 0 Å². The van der Waals surface area contributed by atoms with Gasteiger partial charge in [0, 0.05) is 12.1 Å². The molecule has 0 unspecified atom stereocenters. The SMILES string of the molecule is O=[N+]([O-])c1ccc(Oc2nc(Cl)nc(Cl)n2)cc1Cl. The maximum Gasteiger partial charge on any atom is 0.327 e. The Hall–Kier alpha value is -1.70. The topological polar surface area (TPSA) is 91.0 Å². The molecular weight excluding hydrogens is 318 g/mol. The highest BCUT2D eigenvalue weighted by Crippen LogP contribution is 2.30. The minimum absolute atomic E-state index is 0.0752. The van der Waals surface area contributed by atoms with Gasteiger partial charge in [-0.05, 0) is 29.3 Å². The monoisotopic (exact) mass is 320 g/mol. The third-order valence-electron chi connectivity index (χ3n) is 1.89.